The highest BCUT2D eigenvalue weighted by atomic mass is 28.3. The number of benzene rings is 1. The van der Waals surface area contributed by atoms with E-state index in [1.54, 1.807) is 0 Å². The molecule has 2 rings (SSSR count). The van der Waals surface area contributed by atoms with Crippen molar-refractivity contribution < 1.29 is 9.53 Å². The Labute approximate surface area is 159 Å². The van der Waals surface area contributed by atoms with E-state index >= 15 is 0 Å². The molecule has 0 saturated carbocycles. The van der Waals surface area contributed by atoms with Gasteiger partial charge in [-0.15, -0.1) is 0 Å². The third-order valence-electron chi connectivity index (χ3n) is 5.77. The molecule has 0 aromatic heterocycles. The predicted molar refractivity (Wildman–Crippen MR) is 112 cm³/mol. The van der Waals surface area contributed by atoms with Crippen molar-refractivity contribution in [1.82, 2.24) is 4.90 Å². The van der Waals surface area contributed by atoms with Crippen LogP contribution < -0.4 is 0 Å². The largest absolute Gasteiger partial charge is 0.447 e. The second-order valence-corrected chi connectivity index (χ2v) is 13.9. The van der Waals surface area contributed by atoms with E-state index in [0.29, 0.717) is 6.61 Å². The van der Waals surface area contributed by atoms with Gasteiger partial charge >= 0.3 is 6.09 Å². The van der Waals surface area contributed by atoms with Crippen LogP contribution in [0.25, 0.3) is 0 Å². The Hall–Kier alpha value is -1.81. The fraction of sp³-hybridized carbons (Fsp3) is 0.500. The summed E-state index contributed by atoms with van der Waals surface area (Å²) < 4.78 is 5.52. The first-order valence-electron chi connectivity index (χ1n) is 9.43. The van der Waals surface area contributed by atoms with Gasteiger partial charge in [0.2, 0.25) is 0 Å². The van der Waals surface area contributed by atoms with E-state index in [2.05, 4.69) is 65.1 Å². The second kappa shape index (κ2) is 7.83. The van der Waals surface area contributed by atoms with E-state index in [1.807, 2.05) is 30.0 Å². The first-order valence-corrected chi connectivity index (χ1v) is 12.4. The van der Waals surface area contributed by atoms with Crippen molar-refractivity contribution in [3.05, 3.63) is 58.9 Å². The maximum Gasteiger partial charge on any atom is 0.414 e. The van der Waals surface area contributed by atoms with Gasteiger partial charge in [0.1, 0.15) is 14.7 Å². The van der Waals surface area contributed by atoms with Crippen molar-refractivity contribution in [2.24, 2.45) is 0 Å². The Bertz CT molecular complexity index is 699. The highest BCUT2D eigenvalue weighted by Gasteiger charge is 2.47. The van der Waals surface area contributed by atoms with Gasteiger partial charge in [-0.2, -0.15) is 0 Å². The molecule has 0 spiro atoms. The van der Waals surface area contributed by atoms with Gasteiger partial charge in [0.15, 0.2) is 0 Å². The lowest BCUT2D eigenvalue weighted by atomic mass is 10.1. The Morgan fingerprint density at radius 3 is 2.42 bits per heavy atom. The van der Waals surface area contributed by atoms with Gasteiger partial charge in [0.05, 0.1) is 6.04 Å². The predicted octanol–water partition coefficient (Wildman–Crippen LogP) is 5.95. The number of cyclic esters (lactones) is 1. The summed E-state index contributed by atoms with van der Waals surface area (Å²) in [5.41, 5.74) is 2.41. The molecule has 1 aliphatic rings. The van der Waals surface area contributed by atoms with E-state index in [4.69, 9.17) is 4.74 Å². The molecule has 3 nitrogen and oxygen atoms in total. The summed E-state index contributed by atoms with van der Waals surface area (Å²) in [7, 11) is -1.95. The van der Waals surface area contributed by atoms with Crippen LogP contribution in [0.15, 0.2) is 53.4 Å². The third kappa shape index (κ3) is 4.12. The molecule has 1 fully saturated rings. The first kappa shape index (κ1) is 20.5. The molecule has 1 aromatic rings. The summed E-state index contributed by atoms with van der Waals surface area (Å²) in [6, 6.07) is 10.4. The maximum atomic E-state index is 12.8. The van der Waals surface area contributed by atoms with Crippen LogP contribution in [0.5, 0.6) is 0 Å². The average molecular weight is 372 g/mol. The van der Waals surface area contributed by atoms with Gasteiger partial charge in [-0.3, -0.25) is 4.90 Å². The molecule has 0 N–H and O–H groups in total. The number of carbonyl (C=O) groups excluding carboxylic acids is 1. The fourth-order valence-corrected chi connectivity index (χ4v) is 6.09. The summed E-state index contributed by atoms with van der Waals surface area (Å²) in [6.07, 6.45) is 4.79. The summed E-state index contributed by atoms with van der Waals surface area (Å²) >= 11 is 0. The topological polar surface area (TPSA) is 29.5 Å². The van der Waals surface area contributed by atoms with E-state index in [0.717, 1.165) is 6.42 Å². The van der Waals surface area contributed by atoms with E-state index in [1.165, 1.54) is 16.5 Å². The van der Waals surface area contributed by atoms with Crippen LogP contribution >= 0.6 is 0 Å². The number of ether oxygens (including phenoxy) is 1. The number of nitrogens with zero attached hydrogens (tertiary/aromatic N) is 1. The average Bonchev–Trinajstić information content (AvgIpc) is 2.89. The highest BCUT2D eigenvalue weighted by molar-refractivity contribution is 6.86. The number of allylic oxidation sites excluding steroid dienone is 3. The molecule has 0 radical (unpaired) electrons. The SMILES string of the molecule is C/C=C/C(C)=C(/N1C(=O)OC[C@@H]1Cc1ccccc1)[Si](C)(C)C(C)(C)C. The molecule has 1 amide bonds. The Morgan fingerprint density at radius 1 is 1.27 bits per heavy atom. The van der Waals surface area contributed by atoms with Crippen molar-refractivity contribution >= 4 is 14.2 Å². The maximum absolute atomic E-state index is 12.8. The zero-order chi connectivity index (χ0) is 19.5. The lowest BCUT2D eigenvalue weighted by Gasteiger charge is -2.43. The van der Waals surface area contributed by atoms with Crippen LogP contribution in [-0.4, -0.2) is 31.7 Å². The summed E-state index contributed by atoms with van der Waals surface area (Å²) in [5.74, 6) is 0. The van der Waals surface area contributed by atoms with Gasteiger partial charge in [0, 0.05) is 5.32 Å². The monoisotopic (exact) mass is 371 g/mol. The molecule has 26 heavy (non-hydrogen) atoms. The number of amides is 1. The molecular weight excluding hydrogens is 338 g/mol. The number of hydrogen-bond donors (Lipinski definition) is 0. The molecule has 4 heteroatoms. The number of hydrogen-bond acceptors (Lipinski definition) is 2. The Kier molecular flexibility index (Phi) is 6.17. The second-order valence-electron chi connectivity index (χ2n) is 8.70. The van der Waals surface area contributed by atoms with Gasteiger partial charge in [-0.1, -0.05) is 76.3 Å². The lowest BCUT2D eigenvalue weighted by molar-refractivity contribution is 0.165. The molecule has 0 bridgehead atoms. The van der Waals surface area contributed by atoms with E-state index in [-0.39, 0.29) is 17.2 Å². The van der Waals surface area contributed by atoms with Crippen molar-refractivity contribution in [3.8, 4) is 0 Å². The van der Waals surface area contributed by atoms with E-state index in [9.17, 15) is 4.79 Å². The Balaban J connectivity index is 2.51. The van der Waals surface area contributed by atoms with Gasteiger partial charge in [-0.05, 0) is 36.4 Å². The summed E-state index contributed by atoms with van der Waals surface area (Å²) in [5, 5.41) is 1.33. The summed E-state index contributed by atoms with van der Waals surface area (Å²) in [4.78, 5) is 14.7. The van der Waals surface area contributed by atoms with Crippen LogP contribution in [0.1, 0.15) is 40.2 Å². The minimum Gasteiger partial charge on any atom is -0.447 e. The third-order valence-corrected chi connectivity index (χ3v) is 11.3. The summed E-state index contributed by atoms with van der Waals surface area (Å²) in [6.45, 7) is 16.2. The zero-order valence-corrected chi connectivity index (χ0v) is 18.3. The van der Waals surface area contributed by atoms with Crippen molar-refractivity contribution in [1.29, 1.82) is 0 Å². The molecule has 1 saturated heterocycles. The number of rotatable bonds is 5. The lowest BCUT2D eigenvalue weighted by Crippen LogP contribution is -2.50. The van der Waals surface area contributed by atoms with Crippen LogP contribution in [0.3, 0.4) is 0 Å². The molecule has 1 aliphatic heterocycles. The molecule has 1 aromatic carbocycles. The molecular formula is C22H33NO2Si. The van der Waals surface area contributed by atoms with Crippen LogP contribution in [0.2, 0.25) is 18.1 Å². The van der Waals surface area contributed by atoms with Crippen LogP contribution in [0.4, 0.5) is 4.79 Å². The van der Waals surface area contributed by atoms with Gasteiger partial charge in [-0.25, -0.2) is 4.79 Å². The minimum absolute atomic E-state index is 0.0502. The quantitative estimate of drug-likeness (QED) is 0.473. The molecule has 142 valence electrons. The van der Waals surface area contributed by atoms with Crippen molar-refractivity contribution in [2.75, 3.05) is 6.61 Å². The molecule has 0 aliphatic carbocycles. The van der Waals surface area contributed by atoms with Crippen molar-refractivity contribution in [3.63, 3.8) is 0 Å². The van der Waals surface area contributed by atoms with Crippen LogP contribution in [0, 0.1) is 0 Å². The molecule has 1 heterocycles. The first-order chi connectivity index (χ1) is 12.1. The molecule has 0 unspecified atom stereocenters. The smallest absolute Gasteiger partial charge is 0.414 e. The Morgan fingerprint density at radius 2 is 1.88 bits per heavy atom. The molecule has 1 atom stereocenters. The fourth-order valence-electron chi connectivity index (χ4n) is 3.44. The van der Waals surface area contributed by atoms with Gasteiger partial charge < -0.3 is 4.74 Å². The van der Waals surface area contributed by atoms with Crippen molar-refractivity contribution in [2.45, 2.75) is 65.2 Å². The minimum atomic E-state index is -1.95. The van der Waals surface area contributed by atoms with Gasteiger partial charge in [0.25, 0.3) is 0 Å². The van der Waals surface area contributed by atoms with Crippen LogP contribution in [-0.2, 0) is 11.2 Å². The number of carbonyl (C=O) groups is 1. The standard InChI is InChI=1S/C22H33NO2Si/c1-8-12-17(2)20(26(6,7)22(3,4)5)23-19(16-25-21(23)24)15-18-13-10-9-11-14-18/h8-14,19H,15-16H2,1-7H3/b12-8+,20-17-/t19-/m0/s1. The van der Waals surface area contributed by atoms with E-state index < -0.39 is 8.07 Å². The highest BCUT2D eigenvalue weighted by Crippen LogP contribution is 2.44. The zero-order valence-electron chi connectivity index (χ0n) is 17.3. The normalized spacial score (nSPS) is 19.7.